The minimum Gasteiger partial charge on any atom is -0.355 e. The SMILES string of the molecule is CN1CCC(NC(=O)CCNC(=O)CCl)C1. The normalized spacial score (nSPS) is 20.8. The fourth-order valence-corrected chi connectivity index (χ4v) is 1.81. The number of carbonyl (C=O) groups excluding carboxylic acids is 2. The molecule has 2 N–H and O–H groups in total. The Hall–Kier alpha value is -0.810. The van der Waals surface area contributed by atoms with Crippen molar-refractivity contribution in [2.45, 2.75) is 18.9 Å². The number of hydrogen-bond donors (Lipinski definition) is 2. The monoisotopic (exact) mass is 247 g/mol. The van der Waals surface area contributed by atoms with Gasteiger partial charge in [-0.2, -0.15) is 0 Å². The molecule has 16 heavy (non-hydrogen) atoms. The number of likely N-dealkylation sites (tertiary alicyclic amines) is 1. The number of amides is 2. The summed E-state index contributed by atoms with van der Waals surface area (Å²) in [5.74, 6) is -0.320. The Morgan fingerprint density at radius 1 is 1.44 bits per heavy atom. The van der Waals surface area contributed by atoms with Crippen LogP contribution in [-0.4, -0.2) is 55.3 Å². The van der Waals surface area contributed by atoms with Crippen LogP contribution in [0.15, 0.2) is 0 Å². The summed E-state index contributed by atoms with van der Waals surface area (Å²) in [6.07, 6.45) is 1.30. The van der Waals surface area contributed by atoms with E-state index in [1.165, 1.54) is 0 Å². The summed E-state index contributed by atoms with van der Waals surface area (Å²) in [4.78, 5) is 24.4. The van der Waals surface area contributed by atoms with Gasteiger partial charge < -0.3 is 15.5 Å². The smallest absolute Gasteiger partial charge is 0.234 e. The zero-order valence-corrected chi connectivity index (χ0v) is 10.2. The van der Waals surface area contributed by atoms with Crippen molar-refractivity contribution in [3.63, 3.8) is 0 Å². The molecule has 92 valence electrons. The predicted molar refractivity (Wildman–Crippen MR) is 62.4 cm³/mol. The van der Waals surface area contributed by atoms with Gasteiger partial charge in [0.15, 0.2) is 0 Å². The minimum absolute atomic E-state index is 0.0184. The summed E-state index contributed by atoms with van der Waals surface area (Å²) in [6, 6.07) is 0.251. The van der Waals surface area contributed by atoms with Crippen LogP contribution >= 0.6 is 11.6 Å². The molecule has 1 fully saturated rings. The second-order valence-corrected chi connectivity index (χ2v) is 4.32. The molecule has 0 aromatic heterocycles. The van der Waals surface area contributed by atoms with Crippen molar-refractivity contribution in [1.82, 2.24) is 15.5 Å². The van der Waals surface area contributed by atoms with E-state index in [-0.39, 0.29) is 23.7 Å². The molecule has 5 nitrogen and oxygen atoms in total. The molecule has 1 atom stereocenters. The van der Waals surface area contributed by atoms with E-state index in [9.17, 15) is 9.59 Å². The van der Waals surface area contributed by atoms with Gasteiger partial charge in [-0.3, -0.25) is 9.59 Å². The fraction of sp³-hybridized carbons (Fsp3) is 0.800. The number of alkyl halides is 1. The highest BCUT2D eigenvalue weighted by atomic mass is 35.5. The number of halogens is 1. The molecular formula is C10H18ClN3O2. The van der Waals surface area contributed by atoms with E-state index in [1.807, 2.05) is 7.05 Å². The molecule has 1 aliphatic rings. The second-order valence-electron chi connectivity index (χ2n) is 4.05. The summed E-state index contributed by atoms with van der Waals surface area (Å²) in [7, 11) is 2.03. The third-order valence-corrected chi connectivity index (χ3v) is 2.79. The molecule has 0 spiro atoms. The van der Waals surface area contributed by atoms with E-state index in [0.29, 0.717) is 13.0 Å². The van der Waals surface area contributed by atoms with Gasteiger partial charge in [-0.1, -0.05) is 0 Å². The highest BCUT2D eigenvalue weighted by molar-refractivity contribution is 6.27. The first kappa shape index (κ1) is 13.3. The molecule has 2 amide bonds. The molecule has 0 aromatic rings. The Kier molecular flexibility index (Phi) is 5.55. The predicted octanol–water partition coefficient (Wildman–Crippen LogP) is -0.448. The highest BCUT2D eigenvalue weighted by Gasteiger charge is 2.20. The second kappa shape index (κ2) is 6.70. The summed E-state index contributed by atoms with van der Waals surface area (Å²) in [5, 5.41) is 5.49. The van der Waals surface area contributed by atoms with E-state index >= 15 is 0 Å². The average molecular weight is 248 g/mol. The lowest BCUT2D eigenvalue weighted by molar-refractivity contribution is -0.122. The van der Waals surface area contributed by atoms with Crippen LogP contribution in [0.1, 0.15) is 12.8 Å². The van der Waals surface area contributed by atoms with Gasteiger partial charge in [0.1, 0.15) is 5.88 Å². The Bertz CT molecular complexity index is 260. The van der Waals surface area contributed by atoms with Crippen molar-refractivity contribution >= 4 is 23.4 Å². The third-order valence-electron chi connectivity index (χ3n) is 2.55. The topological polar surface area (TPSA) is 61.4 Å². The molecule has 0 saturated carbocycles. The van der Waals surface area contributed by atoms with Crippen LogP contribution in [0.5, 0.6) is 0 Å². The van der Waals surface area contributed by atoms with E-state index in [4.69, 9.17) is 11.6 Å². The van der Waals surface area contributed by atoms with Crippen LogP contribution in [0.2, 0.25) is 0 Å². The van der Waals surface area contributed by atoms with Gasteiger partial charge in [0.05, 0.1) is 0 Å². The van der Waals surface area contributed by atoms with Gasteiger partial charge >= 0.3 is 0 Å². The lowest BCUT2D eigenvalue weighted by atomic mass is 10.2. The maximum absolute atomic E-state index is 11.5. The zero-order chi connectivity index (χ0) is 12.0. The first-order valence-electron chi connectivity index (χ1n) is 5.42. The summed E-state index contributed by atoms with van der Waals surface area (Å²) in [5.41, 5.74) is 0. The van der Waals surface area contributed by atoms with Crippen LogP contribution in [0.3, 0.4) is 0 Å². The first-order valence-corrected chi connectivity index (χ1v) is 5.96. The van der Waals surface area contributed by atoms with Crippen LogP contribution in [0, 0.1) is 0 Å². The van der Waals surface area contributed by atoms with Crippen molar-refractivity contribution in [2.75, 3.05) is 32.6 Å². The van der Waals surface area contributed by atoms with E-state index in [0.717, 1.165) is 19.5 Å². The highest BCUT2D eigenvalue weighted by Crippen LogP contribution is 2.05. The zero-order valence-electron chi connectivity index (χ0n) is 9.46. The number of nitrogens with one attached hydrogen (secondary N) is 2. The minimum atomic E-state index is -0.241. The van der Waals surface area contributed by atoms with E-state index in [2.05, 4.69) is 15.5 Å². The molecule has 0 aliphatic carbocycles. The molecule has 1 heterocycles. The number of carbonyl (C=O) groups is 2. The van der Waals surface area contributed by atoms with Gasteiger partial charge in [-0.05, 0) is 20.0 Å². The van der Waals surface area contributed by atoms with Gasteiger partial charge in [0.2, 0.25) is 11.8 Å². The molecule has 6 heteroatoms. The molecule has 1 rings (SSSR count). The summed E-state index contributed by atoms with van der Waals surface area (Å²) in [6.45, 7) is 2.27. The van der Waals surface area contributed by atoms with Crippen molar-refractivity contribution < 1.29 is 9.59 Å². The van der Waals surface area contributed by atoms with E-state index in [1.54, 1.807) is 0 Å². The number of nitrogens with zero attached hydrogens (tertiary/aromatic N) is 1. The van der Waals surface area contributed by atoms with Crippen LogP contribution in [0.4, 0.5) is 0 Å². The van der Waals surface area contributed by atoms with Crippen molar-refractivity contribution in [2.24, 2.45) is 0 Å². The van der Waals surface area contributed by atoms with Crippen LogP contribution in [0.25, 0.3) is 0 Å². The van der Waals surface area contributed by atoms with Crippen molar-refractivity contribution in [3.8, 4) is 0 Å². The number of hydrogen-bond acceptors (Lipinski definition) is 3. The number of likely N-dealkylation sites (N-methyl/N-ethyl adjacent to an activating group) is 1. The molecular weight excluding hydrogens is 230 g/mol. The molecule has 0 radical (unpaired) electrons. The lowest BCUT2D eigenvalue weighted by Gasteiger charge is -2.12. The van der Waals surface area contributed by atoms with Gasteiger partial charge in [0, 0.05) is 25.6 Å². The average Bonchev–Trinajstić information content (AvgIpc) is 2.63. The van der Waals surface area contributed by atoms with Crippen molar-refractivity contribution in [1.29, 1.82) is 0 Å². The van der Waals surface area contributed by atoms with Crippen LogP contribution < -0.4 is 10.6 Å². The Morgan fingerprint density at radius 3 is 2.75 bits per heavy atom. The Morgan fingerprint density at radius 2 is 2.19 bits per heavy atom. The van der Waals surface area contributed by atoms with Crippen LogP contribution in [-0.2, 0) is 9.59 Å². The number of rotatable bonds is 5. The van der Waals surface area contributed by atoms with Crippen molar-refractivity contribution in [3.05, 3.63) is 0 Å². The summed E-state index contributed by atoms with van der Waals surface area (Å²) >= 11 is 5.30. The Labute approximate surface area is 101 Å². The quantitative estimate of drug-likeness (QED) is 0.647. The molecule has 1 aliphatic heterocycles. The maximum atomic E-state index is 11.5. The van der Waals surface area contributed by atoms with Gasteiger partial charge in [-0.25, -0.2) is 0 Å². The third kappa shape index (κ3) is 4.81. The molecule has 1 unspecified atom stereocenters. The molecule has 0 aromatic carbocycles. The maximum Gasteiger partial charge on any atom is 0.234 e. The van der Waals surface area contributed by atoms with E-state index < -0.39 is 0 Å². The largest absolute Gasteiger partial charge is 0.355 e. The lowest BCUT2D eigenvalue weighted by Crippen LogP contribution is -2.38. The fourth-order valence-electron chi connectivity index (χ4n) is 1.72. The Balaban J connectivity index is 2.09. The van der Waals surface area contributed by atoms with Gasteiger partial charge in [-0.15, -0.1) is 11.6 Å². The molecule has 0 bridgehead atoms. The first-order chi connectivity index (χ1) is 7.61. The molecule has 1 saturated heterocycles. The summed E-state index contributed by atoms with van der Waals surface area (Å²) < 4.78 is 0. The van der Waals surface area contributed by atoms with Gasteiger partial charge in [0.25, 0.3) is 0 Å². The standard InChI is InChI=1S/C10H18ClN3O2/c1-14-5-3-8(7-14)13-9(15)2-4-12-10(16)6-11/h8H,2-7H2,1H3,(H,12,16)(H,13,15).